The van der Waals surface area contributed by atoms with E-state index in [4.69, 9.17) is 0 Å². The Morgan fingerprint density at radius 3 is 2.65 bits per heavy atom. The van der Waals surface area contributed by atoms with Crippen LogP contribution in [0.15, 0.2) is 42.7 Å². The highest BCUT2D eigenvalue weighted by Gasteiger charge is 2.42. The molecule has 3 nitrogen and oxygen atoms in total. The van der Waals surface area contributed by atoms with Gasteiger partial charge in [-0.15, -0.1) is 0 Å². The zero-order chi connectivity index (χ0) is 14.2. The molecular weight excluding hydrogens is 246 g/mol. The van der Waals surface area contributed by atoms with Crippen molar-refractivity contribution in [3.05, 3.63) is 42.7 Å². The van der Waals surface area contributed by atoms with Gasteiger partial charge in [-0.2, -0.15) is 5.10 Å². The number of likely N-dealkylation sites (N-methyl/N-ethyl adjacent to an activating group) is 1. The van der Waals surface area contributed by atoms with Crippen molar-refractivity contribution in [3.8, 4) is 11.1 Å². The summed E-state index contributed by atoms with van der Waals surface area (Å²) >= 11 is 0. The maximum Gasteiger partial charge on any atom is 0.0677 e. The maximum atomic E-state index is 4.61. The molecule has 1 N–H and O–H groups in total. The number of rotatable bonds is 3. The van der Waals surface area contributed by atoms with Crippen molar-refractivity contribution in [2.45, 2.75) is 38.8 Å². The first kappa shape index (κ1) is 13.4. The Labute approximate surface area is 121 Å². The smallest absolute Gasteiger partial charge is 0.0677 e. The topological polar surface area (TPSA) is 29.9 Å². The van der Waals surface area contributed by atoms with Gasteiger partial charge in [-0.05, 0) is 30.9 Å². The Balaban J connectivity index is 1.88. The van der Waals surface area contributed by atoms with Crippen molar-refractivity contribution in [1.82, 2.24) is 15.1 Å². The van der Waals surface area contributed by atoms with Crippen molar-refractivity contribution in [2.24, 2.45) is 5.41 Å². The number of aromatic nitrogens is 2. The molecule has 1 heterocycles. The van der Waals surface area contributed by atoms with Crippen LogP contribution in [0, 0.1) is 5.41 Å². The lowest BCUT2D eigenvalue weighted by atomic mass is 9.86. The summed E-state index contributed by atoms with van der Waals surface area (Å²) in [6.07, 6.45) is 6.59. The predicted molar refractivity (Wildman–Crippen MR) is 82.6 cm³/mol. The minimum Gasteiger partial charge on any atom is -0.314 e. The standard InChI is InChI=1S/C17H23N3/c1-17(2)10-9-15(16(17)18-3)20-12-14(11-19-20)13-7-5-4-6-8-13/h4-8,11-12,15-16,18H,9-10H2,1-3H3. The van der Waals surface area contributed by atoms with Crippen LogP contribution < -0.4 is 5.32 Å². The lowest BCUT2D eigenvalue weighted by Crippen LogP contribution is -2.40. The summed E-state index contributed by atoms with van der Waals surface area (Å²) in [5.74, 6) is 0. The van der Waals surface area contributed by atoms with E-state index in [0.717, 1.165) is 0 Å². The number of nitrogens with zero attached hydrogens (tertiary/aromatic N) is 2. The highest BCUT2D eigenvalue weighted by Crippen LogP contribution is 2.43. The van der Waals surface area contributed by atoms with E-state index in [1.807, 2.05) is 12.3 Å². The lowest BCUT2D eigenvalue weighted by molar-refractivity contribution is 0.253. The first-order chi connectivity index (χ1) is 9.62. The number of hydrogen-bond donors (Lipinski definition) is 1. The van der Waals surface area contributed by atoms with E-state index in [0.29, 0.717) is 17.5 Å². The van der Waals surface area contributed by atoms with Gasteiger partial charge in [0.15, 0.2) is 0 Å². The molecule has 0 spiro atoms. The van der Waals surface area contributed by atoms with Gasteiger partial charge in [0, 0.05) is 17.8 Å². The minimum atomic E-state index is 0.332. The molecule has 0 radical (unpaired) electrons. The molecule has 1 aromatic heterocycles. The normalized spacial score (nSPS) is 24.9. The van der Waals surface area contributed by atoms with Crippen LogP contribution in [0.5, 0.6) is 0 Å². The molecule has 0 aliphatic heterocycles. The van der Waals surface area contributed by atoms with Crippen LogP contribution in [0.25, 0.3) is 11.1 Å². The minimum absolute atomic E-state index is 0.332. The molecule has 0 amide bonds. The molecule has 3 heteroatoms. The van der Waals surface area contributed by atoms with Gasteiger partial charge in [-0.3, -0.25) is 4.68 Å². The number of hydrogen-bond acceptors (Lipinski definition) is 2. The van der Waals surface area contributed by atoms with Crippen LogP contribution >= 0.6 is 0 Å². The van der Waals surface area contributed by atoms with E-state index < -0.39 is 0 Å². The van der Waals surface area contributed by atoms with Gasteiger partial charge in [-0.1, -0.05) is 44.2 Å². The second-order valence-electron chi connectivity index (χ2n) is 6.44. The van der Waals surface area contributed by atoms with E-state index in [2.05, 4.69) is 66.5 Å². The quantitative estimate of drug-likeness (QED) is 0.924. The Morgan fingerprint density at radius 1 is 1.20 bits per heavy atom. The van der Waals surface area contributed by atoms with Crippen LogP contribution in [-0.2, 0) is 0 Å². The van der Waals surface area contributed by atoms with Crippen LogP contribution in [0.4, 0.5) is 0 Å². The van der Waals surface area contributed by atoms with Gasteiger partial charge in [-0.25, -0.2) is 0 Å². The fraction of sp³-hybridized carbons (Fsp3) is 0.471. The third kappa shape index (κ3) is 2.27. The van der Waals surface area contributed by atoms with E-state index in [1.54, 1.807) is 0 Å². The second-order valence-corrected chi connectivity index (χ2v) is 6.44. The molecule has 1 saturated carbocycles. The van der Waals surface area contributed by atoms with E-state index in [-0.39, 0.29) is 0 Å². The molecule has 2 atom stereocenters. The van der Waals surface area contributed by atoms with Crippen LogP contribution in [0.2, 0.25) is 0 Å². The summed E-state index contributed by atoms with van der Waals surface area (Å²) in [5.41, 5.74) is 2.76. The zero-order valence-electron chi connectivity index (χ0n) is 12.5. The van der Waals surface area contributed by atoms with Gasteiger partial charge in [0.05, 0.1) is 12.2 Å². The largest absolute Gasteiger partial charge is 0.314 e. The van der Waals surface area contributed by atoms with Gasteiger partial charge in [0.25, 0.3) is 0 Å². The highest BCUT2D eigenvalue weighted by atomic mass is 15.3. The summed E-state index contributed by atoms with van der Waals surface area (Å²) in [4.78, 5) is 0. The SMILES string of the molecule is CNC1C(n2cc(-c3ccccc3)cn2)CCC1(C)C. The Hall–Kier alpha value is -1.61. The van der Waals surface area contributed by atoms with Crippen molar-refractivity contribution in [1.29, 1.82) is 0 Å². The van der Waals surface area contributed by atoms with Crippen molar-refractivity contribution >= 4 is 0 Å². The summed E-state index contributed by atoms with van der Waals surface area (Å²) < 4.78 is 2.15. The average molecular weight is 269 g/mol. The third-order valence-electron chi connectivity index (χ3n) is 4.67. The van der Waals surface area contributed by atoms with Gasteiger partial charge in [0.2, 0.25) is 0 Å². The molecule has 1 aliphatic carbocycles. The molecule has 106 valence electrons. The Kier molecular flexibility index (Phi) is 3.38. The summed E-state index contributed by atoms with van der Waals surface area (Å²) in [7, 11) is 2.06. The molecule has 20 heavy (non-hydrogen) atoms. The second kappa shape index (κ2) is 5.06. The monoisotopic (exact) mass is 269 g/mol. The van der Waals surface area contributed by atoms with Crippen molar-refractivity contribution in [3.63, 3.8) is 0 Å². The molecule has 2 unspecified atom stereocenters. The summed E-state index contributed by atoms with van der Waals surface area (Å²) in [5, 5.41) is 8.11. The molecule has 0 bridgehead atoms. The summed E-state index contributed by atoms with van der Waals surface area (Å²) in [6, 6.07) is 11.4. The fourth-order valence-electron chi connectivity index (χ4n) is 3.53. The van der Waals surface area contributed by atoms with Crippen LogP contribution in [-0.4, -0.2) is 22.9 Å². The van der Waals surface area contributed by atoms with Crippen molar-refractivity contribution in [2.75, 3.05) is 7.05 Å². The van der Waals surface area contributed by atoms with E-state index in [9.17, 15) is 0 Å². The molecule has 0 saturated heterocycles. The maximum absolute atomic E-state index is 4.61. The number of benzene rings is 1. The molecule has 1 fully saturated rings. The Morgan fingerprint density at radius 2 is 1.95 bits per heavy atom. The van der Waals surface area contributed by atoms with Gasteiger partial charge < -0.3 is 5.32 Å². The highest BCUT2D eigenvalue weighted by molar-refractivity contribution is 5.61. The fourth-order valence-corrected chi connectivity index (χ4v) is 3.53. The first-order valence-electron chi connectivity index (χ1n) is 7.39. The molecule has 1 aliphatic rings. The molecule has 2 aromatic rings. The summed E-state index contributed by atoms with van der Waals surface area (Å²) in [6.45, 7) is 4.69. The Bertz CT molecular complexity index is 571. The molecular formula is C17H23N3. The first-order valence-corrected chi connectivity index (χ1v) is 7.39. The van der Waals surface area contributed by atoms with Crippen LogP contribution in [0.1, 0.15) is 32.7 Å². The molecule has 1 aromatic carbocycles. The average Bonchev–Trinajstić information content (AvgIpc) is 3.03. The van der Waals surface area contributed by atoms with E-state index >= 15 is 0 Å². The predicted octanol–water partition coefficient (Wildman–Crippen LogP) is 3.50. The van der Waals surface area contributed by atoms with Crippen molar-refractivity contribution < 1.29 is 0 Å². The van der Waals surface area contributed by atoms with E-state index in [1.165, 1.54) is 24.0 Å². The van der Waals surface area contributed by atoms with Gasteiger partial charge >= 0.3 is 0 Å². The van der Waals surface area contributed by atoms with Crippen LogP contribution in [0.3, 0.4) is 0 Å². The molecule has 3 rings (SSSR count). The third-order valence-corrected chi connectivity index (χ3v) is 4.67. The lowest BCUT2D eigenvalue weighted by Gasteiger charge is -2.30. The van der Waals surface area contributed by atoms with Gasteiger partial charge in [0.1, 0.15) is 0 Å². The zero-order valence-corrected chi connectivity index (χ0v) is 12.5. The number of nitrogens with one attached hydrogen (secondary N) is 1.